The van der Waals surface area contributed by atoms with Gasteiger partial charge in [0.15, 0.2) is 0 Å². The minimum atomic E-state index is -0.572. The Bertz CT molecular complexity index is 183. The standard InChI is InChI=1S/C2HN3O2S/c6-5(7)2-4-3-1-8-2/h1H. The molecule has 0 aliphatic rings. The Morgan fingerprint density at radius 3 is 2.88 bits per heavy atom. The molecule has 6 heteroatoms. The summed E-state index contributed by atoms with van der Waals surface area (Å²) < 4.78 is 0. The summed E-state index contributed by atoms with van der Waals surface area (Å²) in [5.74, 6) is 0. The molecule has 42 valence electrons. The molecule has 1 aromatic rings. The van der Waals surface area contributed by atoms with Crippen LogP contribution in [-0.4, -0.2) is 15.1 Å². The molecule has 0 fully saturated rings. The Hall–Kier alpha value is -1.04. The van der Waals surface area contributed by atoms with E-state index < -0.39 is 4.92 Å². The highest BCUT2D eigenvalue weighted by atomic mass is 32.1. The molecular weight excluding hydrogens is 130 g/mol. The number of nitrogens with zero attached hydrogens (tertiary/aromatic N) is 3. The lowest BCUT2D eigenvalue weighted by molar-refractivity contribution is -0.385. The highest BCUT2D eigenvalue weighted by Gasteiger charge is 2.06. The van der Waals surface area contributed by atoms with Crippen LogP contribution in [0.2, 0.25) is 0 Å². The van der Waals surface area contributed by atoms with E-state index in [0.717, 1.165) is 11.3 Å². The van der Waals surface area contributed by atoms with Crippen LogP contribution in [0, 0.1) is 10.1 Å². The summed E-state index contributed by atoms with van der Waals surface area (Å²) in [6.45, 7) is 0. The van der Waals surface area contributed by atoms with Crippen molar-refractivity contribution in [1.29, 1.82) is 0 Å². The van der Waals surface area contributed by atoms with Gasteiger partial charge in [0.05, 0.1) is 5.10 Å². The maximum Gasteiger partial charge on any atom is 0.450 e. The molecular formula is C2HN3O2S. The van der Waals surface area contributed by atoms with E-state index in [1.807, 2.05) is 0 Å². The van der Waals surface area contributed by atoms with Gasteiger partial charge in [0.1, 0.15) is 5.51 Å². The fourth-order valence-corrected chi connectivity index (χ4v) is 0.616. The third-order valence-corrected chi connectivity index (χ3v) is 1.15. The van der Waals surface area contributed by atoms with Crippen LogP contribution >= 0.6 is 11.3 Å². The molecule has 0 spiro atoms. The minimum absolute atomic E-state index is 0.162. The molecule has 1 heterocycles. The monoisotopic (exact) mass is 131 g/mol. The molecule has 0 atom stereocenters. The van der Waals surface area contributed by atoms with Gasteiger partial charge < -0.3 is 10.1 Å². The maximum absolute atomic E-state index is 9.78. The van der Waals surface area contributed by atoms with Gasteiger partial charge in [0, 0.05) is 0 Å². The summed E-state index contributed by atoms with van der Waals surface area (Å²) in [5, 5.41) is 16.1. The Balaban J connectivity index is 2.93. The Morgan fingerprint density at radius 2 is 2.62 bits per heavy atom. The third-order valence-electron chi connectivity index (χ3n) is 0.505. The van der Waals surface area contributed by atoms with Gasteiger partial charge in [0.2, 0.25) is 0 Å². The summed E-state index contributed by atoms with van der Waals surface area (Å²) in [6.07, 6.45) is 0. The number of hydrogen-bond acceptors (Lipinski definition) is 5. The van der Waals surface area contributed by atoms with Crippen LogP contribution in [0.15, 0.2) is 5.51 Å². The Kier molecular flexibility index (Phi) is 1.17. The first-order valence-corrected chi connectivity index (χ1v) is 2.59. The second-order valence-corrected chi connectivity index (χ2v) is 1.79. The fourth-order valence-electron chi connectivity index (χ4n) is 0.247. The molecule has 0 saturated carbocycles. The first-order chi connectivity index (χ1) is 3.80. The van der Waals surface area contributed by atoms with Crippen molar-refractivity contribution in [2.24, 2.45) is 0 Å². The van der Waals surface area contributed by atoms with Crippen LogP contribution in [0.1, 0.15) is 0 Å². The largest absolute Gasteiger partial charge is 0.450 e. The number of rotatable bonds is 1. The molecule has 0 bridgehead atoms. The van der Waals surface area contributed by atoms with Crippen molar-refractivity contribution in [2.75, 3.05) is 0 Å². The summed E-state index contributed by atoms with van der Waals surface area (Å²) in [7, 11) is 0. The molecule has 0 unspecified atom stereocenters. The SMILES string of the molecule is O=[N+]([O-])c1nncs1. The van der Waals surface area contributed by atoms with Crippen LogP contribution in [0.25, 0.3) is 0 Å². The highest BCUT2D eigenvalue weighted by molar-refractivity contribution is 7.12. The zero-order valence-corrected chi connectivity index (χ0v) is 4.46. The van der Waals surface area contributed by atoms with Crippen molar-refractivity contribution < 1.29 is 4.92 Å². The van der Waals surface area contributed by atoms with Crippen LogP contribution in [0.5, 0.6) is 0 Å². The molecule has 0 aliphatic carbocycles. The smallest absolute Gasteiger partial charge is 0.357 e. The van der Waals surface area contributed by atoms with Crippen molar-refractivity contribution in [3.63, 3.8) is 0 Å². The summed E-state index contributed by atoms with van der Waals surface area (Å²) in [4.78, 5) is 9.20. The lowest BCUT2D eigenvalue weighted by Gasteiger charge is -1.78. The first kappa shape index (κ1) is 5.10. The van der Waals surface area contributed by atoms with E-state index in [2.05, 4.69) is 10.2 Å². The van der Waals surface area contributed by atoms with E-state index in [9.17, 15) is 10.1 Å². The van der Waals surface area contributed by atoms with Gasteiger partial charge >= 0.3 is 5.13 Å². The van der Waals surface area contributed by atoms with Gasteiger partial charge in [-0.1, -0.05) is 0 Å². The first-order valence-electron chi connectivity index (χ1n) is 1.71. The van der Waals surface area contributed by atoms with E-state index in [1.165, 1.54) is 5.51 Å². The highest BCUT2D eigenvalue weighted by Crippen LogP contribution is 2.09. The molecule has 0 aliphatic heterocycles. The van der Waals surface area contributed by atoms with Crippen molar-refractivity contribution in [3.8, 4) is 0 Å². The summed E-state index contributed by atoms with van der Waals surface area (Å²) in [5.41, 5.74) is 1.32. The van der Waals surface area contributed by atoms with Crippen molar-refractivity contribution in [1.82, 2.24) is 10.2 Å². The molecule has 1 aromatic heterocycles. The number of nitro groups is 1. The normalized spacial score (nSPS) is 9.00. The zero-order chi connectivity index (χ0) is 5.98. The molecule has 0 radical (unpaired) electrons. The van der Waals surface area contributed by atoms with Gasteiger partial charge in [-0.15, -0.1) is 0 Å². The lowest BCUT2D eigenvalue weighted by Crippen LogP contribution is -1.84. The maximum atomic E-state index is 9.78. The molecule has 0 amide bonds. The predicted molar refractivity (Wildman–Crippen MR) is 26.6 cm³/mol. The molecule has 0 aromatic carbocycles. The van der Waals surface area contributed by atoms with Crippen molar-refractivity contribution in [2.45, 2.75) is 0 Å². The van der Waals surface area contributed by atoms with E-state index in [1.54, 1.807) is 0 Å². The molecule has 5 nitrogen and oxygen atoms in total. The van der Waals surface area contributed by atoms with E-state index in [-0.39, 0.29) is 5.13 Å². The Labute approximate surface area is 48.1 Å². The number of hydrogen-bond donors (Lipinski definition) is 0. The van der Waals surface area contributed by atoms with Crippen molar-refractivity contribution in [3.05, 3.63) is 15.6 Å². The molecule has 0 saturated heterocycles. The average molecular weight is 131 g/mol. The third kappa shape index (κ3) is 0.784. The van der Waals surface area contributed by atoms with Gasteiger partial charge in [-0.3, -0.25) is 0 Å². The molecule has 8 heavy (non-hydrogen) atoms. The topological polar surface area (TPSA) is 68.9 Å². The fraction of sp³-hybridized carbons (Fsp3) is 0. The van der Waals surface area contributed by atoms with Crippen molar-refractivity contribution >= 4 is 16.5 Å². The van der Waals surface area contributed by atoms with Crippen LogP contribution in [0.3, 0.4) is 0 Å². The second-order valence-electron chi connectivity index (χ2n) is 0.978. The number of aromatic nitrogens is 2. The van der Waals surface area contributed by atoms with Gasteiger partial charge in [-0.05, 0) is 21.4 Å². The Morgan fingerprint density at radius 1 is 1.88 bits per heavy atom. The summed E-state index contributed by atoms with van der Waals surface area (Å²) >= 11 is 0.910. The quantitative estimate of drug-likeness (QED) is 0.409. The minimum Gasteiger partial charge on any atom is -0.357 e. The van der Waals surface area contributed by atoms with E-state index in [0.29, 0.717) is 0 Å². The van der Waals surface area contributed by atoms with E-state index >= 15 is 0 Å². The average Bonchev–Trinajstić information content (AvgIpc) is 2.12. The summed E-state index contributed by atoms with van der Waals surface area (Å²) in [6, 6.07) is 0. The van der Waals surface area contributed by atoms with Crippen LogP contribution < -0.4 is 0 Å². The van der Waals surface area contributed by atoms with E-state index in [4.69, 9.17) is 0 Å². The van der Waals surface area contributed by atoms with Gasteiger partial charge in [0.25, 0.3) is 0 Å². The lowest BCUT2D eigenvalue weighted by atomic mass is 11.3. The van der Waals surface area contributed by atoms with Crippen LogP contribution in [-0.2, 0) is 0 Å². The second kappa shape index (κ2) is 1.83. The van der Waals surface area contributed by atoms with Gasteiger partial charge in [-0.25, -0.2) is 0 Å². The zero-order valence-electron chi connectivity index (χ0n) is 3.64. The molecule has 0 N–H and O–H groups in total. The predicted octanol–water partition coefficient (Wildman–Crippen LogP) is 0.446. The van der Waals surface area contributed by atoms with Crippen LogP contribution in [0.4, 0.5) is 5.13 Å². The molecule has 1 rings (SSSR count). The van der Waals surface area contributed by atoms with Gasteiger partial charge in [-0.2, -0.15) is 0 Å².